The molecule has 0 amide bonds. The van der Waals surface area contributed by atoms with Crippen molar-refractivity contribution in [1.29, 1.82) is 0 Å². The molecular weight excluding hydrogens is 140 g/mol. The second kappa shape index (κ2) is 2.83. The van der Waals surface area contributed by atoms with Gasteiger partial charge in [0.05, 0.1) is 6.04 Å². The smallest absolute Gasteiger partial charge is 0.118 e. The fourth-order valence-corrected chi connectivity index (χ4v) is 1.70. The zero-order valence-electron chi connectivity index (χ0n) is 6.76. The van der Waals surface area contributed by atoms with Crippen LogP contribution in [0.4, 0.5) is 0 Å². The molecule has 1 fully saturated rings. The van der Waals surface area contributed by atoms with E-state index in [4.69, 9.17) is 4.84 Å². The average Bonchev–Trinajstić information content (AvgIpc) is 2.55. The van der Waals surface area contributed by atoms with Gasteiger partial charge in [-0.15, -0.1) is 5.48 Å². The van der Waals surface area contributed by atoms with Crippen LogP contribution in [0.3, 0.4) is 0 Å². The van der Waals surface area contributed by atoms with Crippen LogP contribution in [-0.2, 0) is 4.84 Å². The highest BCUT2D eigenvalue weighted by Gasteiger charge is 2.26. The normalized spacial score (nSPS) is 37.0. The van der Waals surface area contributed by atoms with Crippen LogP contribution in [0.1, 0.15) is 13.3 Å². The summed E-state index contributed by atoms with van der Waals surface area (Å²) in [6.45, 7) is 4.25. The molecule has 0 spiro atoms. The highest BCUT2D eigenvalue weighted by Crippen LogP contribution is 2.19. The lowest BCUT2D eigenvalue weighted by atomic mass is 10.00. The van der Waals surface area contributed by atoms with E-state index in [9.17, 15) is 0 Å². The minimum absolute atomic E-state index is 0.435. The van der Waals surface area contributed by atoms with Gasteiger partial charge in [-0.25, -0.2) is 0 Å². The summed E-state index contributed by atoms with van der Waals surface area (Å²) in [5, 5.41) is 3.34. The van der Waals surface area contributed by atoms with Crippen molar-refractivity contribution >= 4 is 0 Å². The molecule has 2 heterocycles. The molecule has 0 aromatic heterocycles. The number of hydroxylamine groups is 1. The number of rotatable bonds is 1. The van der Waals surface area contributed by atoms with Gasteiger partial charge in [0.2, 0.25) is 0 Å². The molecule has 1 unspecified atom stereocenters. The SMILES string of the molecule is CC1=CC([C@@H]2CCNC2)NO1. The first kappa shape index (κ1) is 7.13. The van der Waals surface area contributed by atoms with E-state index in [1.807, 2.05) is 6.92 Å². The molecule has 0 saturated carbocycles. The van der Waals surface area contributed by atoms with E-state index >= 15 is 0 Å². The summed E-state index contributed by atoms with van der Waals surface area (Å²) in [6, 6.07) is 0.435. The zero-order chi connectivity index (χ0) is 7.68. The Morgan fingerprint density at radius 3 is 3.09 bits per heavy atom. The topological polar surface area (TPSA) is 33.3 Å². The standard InChI is InChI=1S/C8H14N2O/c1-6-4-8(10-11-6)7-2-3-9-5-7/h4,7-10H,2-3,5H2,1H3/t7-,8?/m1/s1. The van der Waals surface area contributed by atoms with Crippen molar-refractivity contribution < 1.29 is 4.84 Å². The summed E-state index contributed by atoms with van der Waals surface area (Å²) < 4.78 is 0. The molecule has 1 saturated heterocycles. The molecule has 11 heavy (non-hydrogen) atoms. The predicted molar refractivity (Wildman–Crippen MR) is 42.7 cm³/mol. The third-order valence-corrected chi connectivity index (χ3v) is 2.38. The Kier molecular flexibility index (Phi) is 1.84. The predicted octanol–water partition coefficient (Wildman–Crippen LogP) is 0.403. The Hall–Kier alpha value is -0.540. The van der Waals surface area contributed by atoms with Crippen LogP contribution in [0.25, 0.3) is 0 Å². The Morgan fingerprint density at radius 2 is 2.55 bits per heavy atom. The Bertz CT molecular complexity index is 173. The minimum Gasteiger partial charge on any atom is -0.413 e. The summed E-state index contributed by atoms with van der Waals surface area (Å²) in [7, 11) is 0. The number of hydrogen-bond donors (Lipinski definition) is 2. The summed E-state index contributed by atoms with van der Waals surface area (Å²) >= 11 is 0. The molecule has 0 aliphatic carbocycles. The minimum atomic E-state index is 0.435. The van der Waals surface area contributed by atoms with Crippen LogP contribution in [0.15, 0.2) is 11.8 Å². The van der Waals surface area contributed by atoms with Crippen LogP contribution in [0.2, 0.25) is 0 Å². The average molecular weight is 154 g/mol. The van der Waals surface area contributed by atoms with Crippen molar-refractivity contribution in [3.63, 3.8) is 0 Å². The van der Waals surface area contributed by atoms with Gasteiger partial charge in [-0.2, -0.15) is 0 Å². The van der Waals surface area contributed by atoms with Gasteiger partial charge in [-0.3, -0.25) is 0 Å². The van der Waals surface area contributed by atoms with E-state index in [0.29, 0.717) is 12.0 Å². The monoisotopic (exact) mass is 154 g/mol. The first-order chi connectivity index (χ1) is 5.36. The summed E-state index contributed by atoms with van der Waals surface area (Å²) in [5.74, 6) is 1.72. The maximum Gasteiger partial charge on any atom is 0.118 e. The molecule has 2 aliphatic rings. The second-order valence-corrected chi connectivity index (χ2v) is 3.28. The number of allylic oxidation sites excluding steroid dienone is 1. The summed E-state index contributed by atoms with van der Waals surface area (Å²) in [5.41, 5.74) is 3.02. The first-order valence-corrected chi connectivity index (χ1v) is 4.18. The van der Waals surface area contributed by atoms with Crippen molar-refractivity contribution in [3.8, 4) is 0 Å². The third kappa shape index (κ3) is 1.39. The lowest BCUT2D eigenvalue weighted by molar-refractivity contribution is 0.103. The lowest BCUT2D eigenvalue weighted by Crippen LogP contribution is -2.31. The molecule has 0 aromatic carbocycles. The van der Waals surface area contributed by atoms with Crippen LogP contribution in [0, 0.1) is 5.92 Å². The quantitative estimate of drug-likeness (QED) is 0.573. The van der Waals surface area contributed by atoms with Crippen molar-refractivity contribution in [2.45, 2.75) is 19.4 Å². The van der Waals surface area contributed by atoms with Crippen LogP contribution < -0.4 is 10.8 Å². The summed E-state index contributed by atoms with van der Waals surface area (Å²) in [4.78, 5) is 5.16. The molecule has 2 rings (SSSR count). The van der Waals surface area contributed by atoms with Crippen LogP contribution in [0.5, 0.6) is 0 Å². The lowest BCUT2D eigenvalue weighted by Gasteiger charge is -2.13. The van der Waals surface area contributed by atoms with Gasteiger partial charge < -0.3 is 10.2 Å². The van der Waals surface area contributed by atoms with E-state index < -0.39 is 0 Å². The largest absolute Gasteiger partial charge is 0.413 e. The van der Waals surface area contributed by atoms with Gasteiger partial charge in [0.25, 0.3) is 0 Å². The fraction of sp³-hybridized carbons (Fsp3) is 0.750. The van der Waals surface area contributed by atoms with Crippen molar-refractivity contribution in [3.05, 3.63) is 11.8 Å². The molecule has 0 bridgehead atoms. The van der Waals surface area contributed by atoms with E-state index in [0.717, 1.165) is 18.8 Å². The van der Waals surface area contributed by atoms with Gasteiger partial charge in [0.1, 0.15) is 5.76 Å². The van der Waals surface area contributed by atoms with Crippen LogP contribution in [-0.4, -0.2) is 19.1 Å². The number of nitrogens with one attached hydrogen (secondary N) is 2. The van der Waals surface area contributed by atoms with Crippen molar-refractivity contribution in [2.24, 2.45) is 5.92 Å². The number of hydrogen-bond acceptors (Lipinski definition) is 3. The van der Waals surface area contributed by atoms with Crippen LogP contribution >= 0.6 is 0 Å². The molecule has 2 aliphatic heterocycles. The molecule has 2 N–H and O–H groups in total. The third-order valence-electron chi connectivity index (χ3n) is 2.38. The fourth-order valence-electron chi connectivity index (χ4n) is 1.70. The van der Waals surface area contributed by atoms with E-state index in [-0.39, 0.29) is 0 Å². The molecule has 3 heteroatoms. The van der Waals surface area contributed by atoms with Gasteiger partial charge in [0, 0.05) is 0 Å². The zero-order valence-corrected chi connectivity index (χ0v) is 6.76. The second-order valence-electron chi connectivity index (χ2n) is 3.28. The first-order valence-electron chi connectivity index (χ1n) is 4.18. The van der Waals surface area contributed by atoms with Crippen molar-refractivity contribution in [1.82, 2.24) is 10.8 Å². The molecule has 62 valence electrons. The Balaban J connectivity index is 1.95. The molecule has 0 radical (unpaired) electrons. The molecule has 2 atom stereocenters. The molecule has 3 nitrogen and oxygen atoms in total. The maximum absolute atomic E-state index is 5.16. The highest BCUT2D eigenvalue weighted by molar-refractivity contribution is 5.05. The van der Waals surface area contributed by atoms with Crippen molar-refractivity contribution in [2.75, 3.05) is 13.1 Å². The van der Waals surface area contributed by atoms with E-state index in [1.54, 1.807) is 0 Å². The Labute approximate surface area is 66.8 Å². The van der Waals surface area contributed by atoms with E-state index in [1.165, 1.54) is 6.42 Å². The van der Waals surface area contributed by atoms with Gasteiger partial charge >= 0.3 is 0 Å². The van der Waals surface area contributed by atoms with Gasteiger partial charge in [0.15, 0.2) is 0 Å². The Morgan fingerprint density at radius 1 is 1.64 bits per heavy atom. The molecule has 0 aromatic rings. The summed E-state index contributed by atoms with van der Waals surface area (Å²) in [6.07, 6.45) is 3.42. The maximum atomic E-state index is 5.16. The van der Waals surface area contributed by atoms with E-state index in [2.05, 4.69) is 16.9 Å². The van der Waals surface area contributed by atoms with Gasteiger partial charge in [-0.05, 0) is 38.4 Å². The molecular formula is C8H14N2O. The van der Waals surface area contributed by atoms with Gasteiger partial charge in [-0.1, -0.05) is 0 Å². The highest BCUT2D eigenvalue weighted by atomic mass is 16.7.